The van der Waals surface area contributed by atoms with Gasteiger partial charge in [-0.2, -0.15) is 0 Å². The van der Waals surface area contributed by atoms with E-state index in [0.717, 1.165) is 18.7 Å². The highest BCUT2D eigenvalue weighted by atomic mass is 32.1. The molecule has 4 nitrogen and oxygen atoms in total. The van der Waals surface area contributed by atoms with E-state index < -0.39 is 0 Å². The Labute approximate surface area is 122 Å². The van der Waals surface area contributed by atoms with Crippen molar-refractivity contribution in [1.29, 1.82) is 0 Å². The third-order valence-corrected chi connectivity index (χ3v) is 4.86. The molecule has 0 N–H and O–H groups in total. The Morgan fingerprint density at radius 1 is 1.45 bits per heavy atom. The number of thiophene rings is 1. The molecule has 1 aliphatic rings. The van der Waals surface area contributed by atoms with Crippen LogP contribution in [0.25, 0.3) is 0 Å². The van der Waals surface area contributed by atoms with E-state index in [1.54, 1.807) is 17.5 Å². The van der Waals surface area contributed by atoms with Crippen molar-refractivity contribution in [2.24, 2.45) is 0 Å². The number of hydrogen-bond acceptors (Lipinski definition) is 4. The van der Waals surface area contributed by atoms with Crippen molar-refractivity contribution in [3.8, 4) is 0 Å². The highest BCUT2D eigenvalue weighted by Crippen LogP contribution is 2.33. The van der Waals surface area contributed by atoms with Gasteiger partial charge in [0.1, 0.15) is 5.82 Å². The fraction of sp³-hybridized carbons (Fsp3) is 0.400. The lowest BCUT2D eigenvalue weighted by Crippen LogP contribution is -2.38. The van der Waals surface area contributed by atoms with Crippen LogP contribution in [-0.2, 0) is 6.42 Å². The summed E-state index contributed by atoms with van der Waals surface area (Å²) >= 11 is 1.78. The first kappa shape index (κ1) is 13.2. The molecule has 3 rings (SSSR count). The van der Waals surface area contributed by atoms with E-state index >= 15 is 0 Å². The quantitative estimate of drug-likeness (QED) is 0.810. The summed E-state index contributed by atoms with van der Waals surface area (Å²) in [6, 6.07) is 2.25. The monoisotopic (exact) mass is 287 g/mol. The van der Waals surface area contributed by atoms with Gasteiger partial charge in [-0.15, -0.1) is 11.3 Å². The van der Waals surface area contributed by atoms with Gasteiger partial charge >= 0.3 is 0 Å². The lowest BCUT2D eigenvalue weighted by atomic mass is 10.0. The maximum absolute atomic E-state index is 12.7. The van der Waals surface area contributed by atoms with E-state index in [9.17, 15) is 4.79 Å². The van der Waals surface area contributed by atoms with E-state index in [4.69, 9.17) is 0 Å². The van der Waals surface area contributed by atoms with Crippen LogP contribution in [0.3, 0.4) is 0 Å². The zero-order chi connectivity index (χ0) is 14.3. The smallest absolute Gasteiger partial charge is 0.257 e. The van der Waals surface area contributed by atoms with Gasteiger partial charge in [0.2, 0.25) is 0 Å². The fourth-order valence-corrected chi connectivity index (χ4v) is 3.70. The maximum Gasteiger partial charge on any atom is 0.257 e. The Morgan fingerprint density at radius 2 is 2.25 bits per heavy atom. The maximum atomic E-state index is 12.7. The lowest BCUT2D eigenvalue weighted by molar-refractivity contribution is 0.0677. The molecule has 0 aromatic carbocycles. The van der Waals surface area contributed by atoms with Crippen LogP contribution in [0, 0.1) is 13.8 Å². The number of hydrogen-bond donors (Lipinski definition) is 0. The molecule has 0 saturated heterocycles. The van der Waals surface area contributed by atoms with Crippen molar-refractivity contribution in [2.45, 2.75) is 33.2 Å². The molecule has 0 bridgehead atoms. The summed E-state index contributed by atoms with van der Waals surface area (Å²) in [5, 5.41) is 2.11. The van der Waals surface area contributed by atoms with Gasteiger partial charge in [-0.25, -0.2) is 9.97 Å². The molecular weight excluding hydrogens is 270 g/mol. The zero-order valence-electron chi connectivity index (χ0n) is 11.9. The topological polar surface area (TPSA) is 46.1 Å². The summed E-state index contributed by atoms with van der Waals surface area (Å²) in [5.41, 5.74) is 2.65. The van der Waals surface area contributed by atoms with E-state index in [2.05, 4.69) is 28.3 Å². The van der Waals surface area contributed by atoms with Crippen LogP contribution in [0.1, 0.15) is 45.3 Å². The number of amides is 1. The molecule has 0 fully saturated rings. The van der Waals surface area contributed by atoms with Gasteiger partial charge in [-0.3, -0.25) is 4.79 Å². The van der Waals surface area contributed by atoms with E-state index in [-0.39, 0.29) is 11.9 Å². The molecule has 5 heteroatoms. The largest absolute Gasteiger partial charge is 0.331 e. The van der Waals surface area contributed by atoms with Gasteiger partial charge in [-0.1, -0.05) is 0 Å². The minimum atomic E-state index is 0.0341. The summed E-state index contributed by atoms with van der Waals surface area (Å²) in [7, 11) is 0. The third-order valence-electron chi connectivity index (χ3n) is 3.87. The predicted molar refractivity (Wildman–Crippen MR) is 79.0 cm³/mol. The Hall–Kier alpha value is -1.75. The number of aryl methyl sites for hydroxylation is 2. The molecule has 1 aliphatic heterocycles. The molecule has 2 aromatic rings. The highest BCUT2D eigenvalue weighted by Gasteiger charge is 2.29. The summed E-state index contributed by atoms with van der Waals surface area (Å²) in [6.07, 6.45) is 2.59. The molecule has 104 valence electrons. The summed E-state index contributed by atoms with van der Waals surface area (Å²) in [5.74, 6) is 0.734. The van der Waals surface area contributed by atoms with Crippen molar-refractivity contribution in [1.82, 2.24) is 14.9 Å². The minimum absolute atomic E-state index is 0.0341. The average Bonchev–Trinajstić information content (AvgIpc) is 2.87. The van der Waals surface area contributed by atoms with Gasteiger partial charge in [0.15, 0.2) is 0 Å². The van der Waals surface area contributed by atoms with Gasteiger partial charge in [-0.05, 0) is 44.2 Å². The van der Waals surface area contributed by atoms with E-state index in [1.165, 1.54) is 10.4 Å². The van der Waals surface area contributed by atoms with Crippen molar-refractivity contribution in [2.75, 3.05) is 6.54 Å². The first-order chi connectivity index (χ1) is 9.58. The molecular formula is C15H17N3OS. The first-order valence-corrected chi connectivity index (χ1v) is 7.63. The fourth-order valence-electron chi connectivity index (χ4n) is 2.73. The third kappa shape index (κ3) is 2.12. The Kier molecular flexibility index (Phi) is 3.30. The number of aromatic nitrogens is 2. The van der Waals surface area contributed by atoms with Gasteiger partial charge < -0.3 is 4.90 Å². The van der Waals surface area contributed by atoms with Crippen LogP contribution in [0.15, 0.2) is 17.6 Å². The lowest BCUT2D eigenvalue weighted by Gasteiger charge is -2.33. The summed E-state index contributed by atoms with van der Waals surface area (Å²) in [4.78, 5) is 24.5. The van der Waals surface area contributed by atoms with Crippen LogP contribution in [0.4, 0.5) is 0 Å². The molecule has 1 atom stereocenters. The number of rotatable bonds is 1. The zero-order valence-corrected chi connectivity index (χ0v) is 12.7. The van der Waals surface area contributed by atoms with Crippen LogP contribution >= 0.6 is 11.3 Å². The number of nitrogens with zero attached hydrogens (tertiary/aromatic N) is 3. The van der Waals surface area contributed by atoms with Crippen molar-refractivity contribution < 1.29 is 4.79 Å². The average molecular weight is 287 g/mol. The standard InChI is InChI=1S/C15H17N3OS/c1-9-13(8-16-11(3)17-9)15(19)18-6-4-14-12(10(18)2)5-7-20-14/h5,7-8,10H,4,6H2,1-3H3/t10-/m0/s1. The molecule has 0 radical (unpaired) electrons. The van der Waals surface area contributed by atoms with E-state index in [1.807, 2.05) is 18.7 Å². The summed E-state index contributed by atoms with van der Waals surface area (Å²) in [6.45, 7) is 6.56. The molecule has 2 aromatic heterocycles. The minimum Gasteiger partial charge on any atom is -0.331 e. The van der Waals surface area contributed by atoms with Crippen molar-refractivity contribution >= 4 is 17.2 Å². The molecule has 3 heterocycles. The number of carbonyl (C=O) groups is 1. The summed E-state index contributed by atoms with van der Waals surface area (Å²) < 4.78 is 0. The van der Waals surface area contributed by atoms with Gasteiger partial charge in [0.05, 0.1) is 17.3 Å². The highest BCUT2D eigenvalue weighted by molar-refractivity contribution is 7.10. The number of carbonyl (C=O) groups excluding carboxylic acids is 1. The normalized spacial score (nSPS) is 17.9. The Balaban J connectivity index is 1.92. The van der Waals surface area contributed by atoms with Gasteiger partial charge in [0, 0.05) is 17.6 Å². The second-order valence-electron chi connectivity index (χ2n) is 5.14. The first-order valence-electron chi connectivity index (χ1n) is 6.75. The number of fused-ring (bicyclic) bond motifs is 1. The van der Waals surface area contributed by atoms with Crippen LogP contribution in [0.2, 0.25) is 0 Å². The van der Waals surface area contributed by atoms with Crippen LogP contribution < -0.4 is 0 Å². The molecule has 20 heavy (non-hydrogen) atoms. The molecule has 0 spiro atoms. The SMILES string of the molecule is Cc1ncc(C(=O)N2CCc3sccc3[C@@H]2C)c(C)n1. The molecule has 1 amide bonds. The second-order valence-corrected chi connectivity index (χ2v) is 6.14. The second kappa shape index (κ2) is 4.98. The van der Waals surface area contributed by atoms with Crippen LogP contribution in [0.5, 0.6) is 0 Å². The van der Waals surface area contributed by atoms with E-state index in [0.29, 0.717) is 11.4 Å². The molecule has 0 saturated carbocycles. The van der Waals surface area contributed by atoms with Crippen molar-refractivity contribution in [3.63, 3.8) is 0 Å². The van der Waals surface area contributed by atoms with Crippen LogP contribution in [-0.4, -0.2) is 27.3 Å². The van der Waals surface area contributed by atoms with Crippen molar-refractivity contribution in [3.05, 3.63) is 45.2 Å². The van der Waals surface area contributed by atoms with Gasteiger partial charge in [0.25, 0.3) is 5.91 Å². The molecule has 0 aliphatic carbocycles. The Morgan fingerprint density at radius 3 is 3.00 bits per heavy atom. The molecule has 0 unspecified atom stereocenters. The predicted octanol–water partition coefficient (Wildman–Crippen LogP) is 2.91. The Bertz CT molecular complexity index is 665.